The van der Waals surface area contributed by atoms with Crippen LogP contribution in [0.15, 0.2) is 42.5 Å². The van der Waals surface area contributed by atoms with Crippen LogP contribution < -0.4 is 14.4 Å². The van der Waals surface area contributed by atoms with Gasteiger partial charge >= 0.3 is 0 Å². The first-order chi connectivity index (χ1) is 13.7. The Kier molecular flexibility index (Phi) is 6.76. The van der Waals surface area contributed by atoms with E-state index in [0.717, 1.165) is 35.8 Å². The molecule has 1 amide bonds. The third-order valence-corrected chi connectivity index (χ3v) is 4.91. The van der Waals surface area contributed by atoms with Gasteiger partial charge in [0.2, 0.25) is 0 Å². The molecule has 0 aromatic heterocycles. The van der Waals surface area contributed by atoms with Crippen LogP contribution in [-0.4, -0.2) is 57.8 Å². The van der Waals surface area contributed by atoms with E-state index in [-0.39, 0.29) is 5.91 Å². The smallest absolute Gasteiger partial charge is 0.253 e. The number of hydrogen-bond donors (Lipinski definition) is 0. The van der Waals surface area contributed by atoms with Crippen LogP contribution >= 0.6 is 0 Å². The van der Waals surface area contributed by atoms with Gasteiger partial charge in [-0.25, -0.2) is 0 Å². The van der Waals surface area contributed by atoms with Crippen molar-refractivity contribution in [2.75, 3.05) is 51.9 Å². The molecule has 6 nitrogen and oxygen atoms in total. The lowest BCUT2D eigenvalue weighted by atomic mass is 10.1. The average molecular weight is 384 g/mol. The lowest BCUT2D eigenvalue weighted by molar-refractivity contribution is 0.0746. The molecule has 0 bridgehead atoms. The number of amides is 1. The van der Waals surface area contributed by atoms with Crippen LogP contribution in [0.25, 0.3) is 0 Å². The van der Waals surface area contributed by atoms with E-state index in [1.165, 1.54) is 0 Å². The summed E-state index contributed by atoms with van der Waals surface area (Å²) in [6.45, 7) is 5.94. The van der Waals surface area contributed by atoms with Crippen LogP contribution in [-0.2, 0) is 11.3 Å². The molecule has 150 valence electrons. The van der Waals surface area contributed by atoms with Crippen LogP contribution in [0, 0.1) is 0 Å². The maximum absolute atomic E-state index is 13.0. The molecule has 1 heterocycles. The molecule has 0 aliphatic carbocycles. The summed E-state index contributed by atoms with van der Waals surface area (Å²) in [6, 6.07) is 13.6. The monoisotopic (exact) mass is 384 g/mol. The summed E-state index contributed by atoms with van der Waals surface area (Å²) in [6.07, 6.45) is 0. The lowest BCUT2D eigenvalue weighted by Gasteiger charge is -2.36. The van der Waals surface area contributed by atoms with Gasteiger partial charge in [0.05, 0.1) is 20.3 Å². The third-order valence-electron chi connectivity index (χ3n) is 4.91. The second-order valence-corrected chi connectivity index (χ2v) is 6.67. The van der Waals surface area contributed by atoms with Crippen molar-refractivity contribution in [3.63, 3.8) is 0 Å². The first-order valence-electron chi connectivity index (χ1n) is 9.59. The molecular weight excluding hydrogens is 356 g/mol. The van der Waals surface area contributed by atoms with E-state index >= 15 is 0 Å². The Labute approximate surface area is 166 Å². The van der Waals surface area contributed by atoms with E-state index in [4.69, 9.17) is 14.2 Å². The van der Waals surface area contributed by atoms with Gasteiger partial charge in [-0.1, -0.05) is 0 Å². The SMILES string of the molecule is CCOc1ccc(C(=O)N2CCN(c3ccc(OC)cc3)CC2)cc1COC. The number of carbonyl (C=O) groups excluding carboxylic acids is 1. The number of methoxy groups -OCH3 is 2. The number of anilines is 1. The van der Waals surface area contributed by atoms with Crippen LogP contribution in [0.2, 0.25) is 0 Å². The normalized spacial score (nSPS) is 14.1. The molecule has 1 saturated heterocycles. The van der Waals surface area contributed by atoms with Crippen molar-refractivity contribution in [2.24, 2.45) is 0 Å². The Hall–Kier alpha value is -2.73. The molecule has 1 aliphatic heterocycles. The third kappa shape index (κ3) is 4.57. The van der Waals surface area contributed by atoms with Crippen molar-refractivity contribution in [1.82, 2.24) is 4.90 Å². The van der Waals surface area contributed by atoms with Gasteiger partial charge in [-0.3, -0.25) is 4.79 Å². The molecule has 0 unspecified atom stereocenters. The van der Waals surface area contributed by atoms with Gasteiger partial charge in [0.1, 0.15) is 11.5 Å². The minimum atomic E-state index is 0.0507. The second-order valence-electron chi connectivity index (χ2n) is 6.67. The fraction of sp³-hybridized carbons (Fsp3) is 0.409. The molecule has 2 aromatic rings. The van der Waals surface area contributed by atoms with Gasteiger partial charge in [0.25, 0.3) is 5.91 Å². The van der Waals surface area contributed by atoms with Crippen LogP contribution in [0.5, 0.6) is 11.5 Å². The van der Waals surface area contributed by atoms with Crippen molar-refractivity contribution in [3.05, 3.63) is 53.6 Å². The molecule has 28 heavy (non-hydrogen) atoms. The summed E-state index contributed by atoms with van der Waals surface area (Å²) in [5.41, 5.74) is 2.72. The van der Waals surface area contributed by atoms with Crippen LogP contribution in [0.3, 0.4) is 0 Å². The second kappa shape index (κ2) is 9.46. The predicted molar refractivity (Wildman–Crippen MR) is 109 cm³/mol. The number of hydrogen-bond acceptors (Lipinski definition) is 5. The van der Waals surface area contributed by atoms with Crippen molar-refractivity contribution in [1.29, 1.82) is 0 Å². The van der Waals surface area contributed by atoms with E-state index in [1.54, 1.807) is 14.2 Å². The number of ether oxygens (including phenoxy) is 3. The van der Waals surface area contributed by atoms with Gasteiger partial charge in [-0.15, -0.1) is 0 Å². The maximum atomic E-state index is 13.0. The minimum Gasteiger partial charge on any atom is -0.497 e. The number of nitrogens with zero attached hydrogens (tertiary/aromatic N) is 2. The first kappa shape index (κ1) is 20.0. The molecule has 0 atom stereocenters. The van der Waals surface area contributed by atoms with E-state index < -0.39 is 0 Å². The highest BCUT2D eigenvalue weighted by Crippen LogP contribution is 2.24. The Morgan fingerprint density at radius 3 is 2.32 bits per heavy atom. The zero-order valence-electron chi connectivity index (χ0n) is 16.8. The summed E-state index contributed by atoms with van der Waals surface area (Å²) in [7, 11) is 3.31. The molecule has 1 fully saturated rings. The molecular formula is C22H28N2O4. The van der Waals surface area contributed by atoms with E-state index in [1.807, 2.05) is 42.2 Å². The molecule has 0 spiro atoms. The van der Waals surface area contributed by atoms with Gasteiger partial charge in [0.15, 0.2) is 0 Å². The fourth-order valence-corrected chi connectivity index (χ4v) is 3.42. The van der Waals surface area contributed by atoms with Crippen molar-refractivity contribution in [2.45, 2.75) is 13.5 Å². The van der Waals surface area contributed by atoms with Gasteiger partial charge in [0, 0.05) is 50.1 Å². The predicted octanol–water partition coefficient (Wildman–Crippen LogP) is 3.20. The molecule has 0 saturated carbocycles. The van der Waals surface area contributed by atoms with Crippen molar-refractivity contribution >= 4 is 11.6 Å². The van der Waals surface area contributed by atoms with E-state index in [0.29, 0.717) is 31.9 Å². The summed E-state index contributed by atoms with van der Waals surface area (Å²) in [5.74, 6) is 1.67. The van der Waals surface area contributed by atoms with Crippen molar-refractivity contribution < 1.29 is 19.0 Å². The van der Waals surface area contributed by atoms with E-state index in [9.17, 15) is 4.79 Å². The average Bonchev–Trinajstić information content (AvgIpc) is 2.75. The number of carbonyl (C=O) groups is 1. The molecule has 6 heteroatoms. The summed E-state index contributed by atoms with van der Waals surface area (Å²) in [4.78, 5) is 17.2. The van der Waals surface area contributed by atoms with Crippen LogP contribution in [0.1, 0.15) is 22.8 Å². The number of rotatable bonds is 7. The molecule has 0 N–H and O–H groups in total. The topological polar surface area (TPSA) is 51.2 Å². The molecule has 3 rings (SSSR count). The minimum absolute atomic E-state index is 0.0507. The molecule has 2 aromatic carbocycles. The highest BCUT2D eigenvalue weighted by atomic mass is 16.5. The first-order valence-corrected chi connectivity index (χ1v) is 9.59. The van der Waals surface area contributed by atoms with Gasteiger partial charge < -0.3 is 24.0 Å². The zero-order chi connectivity index (χ0) is 19.9. The Bertz CT molecular complexity index is 784. The Morgan fingerprint density at radius 1 is 1.00 bits per heavy atom. The van der Waals surface area contributed by atoms with Crippen LogP contribution in [0.4, 0.5) is 5.69 Å². The fourth-order valence-electron chi connectivity index (χ4n) is 3.42. The standard InChI is InChI=1S/C22H28N2O4/c1-4-28-21-10-5-17(15-18(21)16-26-2)22(25)24-13-11-23(12-14-24)19-6-8-20(27-3)9-7-19/h5-10,15H,4,11-14,16H2,1-3H3. The Morgan fingerprint density at radius 2 is 1.71 bits per heavy atom. The summed E-state index contributed by atoms with van der Waals surface area (Å²) >= 11 is 0. The quantitative estimate of drug-likeness (QED) is 0.734. The molecule has 1 aliphatic rings. The van der Waals surface area contributed by atoms with Gasteiger partial charge in [-0.05, 0) is 49.4 Å². The Balaban J connectivity index is 1.65. The lowest BCUT2D eigenvalue weighted by Crippen LogP contribution is -2.48. The summed E-state index contributed by atoms with van der Waals surface area (Å²) in [5, 5.41) is 0. The number of piperazine rings is 1. The number of benzene rings is 2. The van der Waals surface area contributed by atoms with E-state index in [2.05, 4.69) is 17.0 Å². The highest BCUT2D eigenvalue weighted by Gasteiger charge is 2.23. The van der Waals surface area contributed by atoms with Gasteiger partial charge in [-0.2, -0.15) is 0 Å². The zero-order valence-corrected chi connectivity index (χ0v) is 16.8. The summed E-state index contributed by atoms with van der Waals surface area (Å²) < 4.78 is 16.1. The largest absolute Gasteiger partial charge is 0.497 e. The maximum Gasteiger partial charge on any atom is 0.253 e. The van der Waals surface area contributed by atoms with Crippen molar-refractivity contribution in [3.8, 4) is 11.5 Å². The molecule has 0 radical (unpaired) electrons. The highest BCUT2D eigenvalue weighted by molar-refractivity contribution is 5.94.